The number of nitro groups is 1. The maximum absolute atomic E-state index is 13.0. The third kappa shape index (κ3) is 5.52. The zero-order valence-electron chi connectivity index (χ0n) is 18.8. The van der Waals surface area contributed by atoms with Gasteiger partial charge in [-0.1, -0.05) is 6.07 Å². The summed E-state index contributed by atoms with van der Waals surface area (Å²) in [6.45, 7) is 1.07. The van der Waals surface area contributed by atoms with E-state index in [0.29, 0.717) is 22.5 Å². The first-order valence-corrected chi connectivity index (χ1v) is 11.7. The van der Waals surface area contributed by atoms with E-state index < -0.39 is 29.3 Å². The van der Waals surface area contributed by atoms with E-state index in [1.54, 1.807) is 31.3 Å². The van der Waals surface area contributed by atoms with Gasteiger partial charge >= 0.3 is 5.97 Å². The summed E-state index contributed by atoms with van der Waals surface area (Å²) in [4.78, 5) is 53.7. The SMILES string of the molecule is Cc1ccc(NC(=O)COC(=O)c2c(NC(=O)c3cccnc3)sc3c2CCCC3)c([N+](=O)[O-])c1. The highest BCUT2D eigenvalue weighted by Gasteiger charge is 2.28. The molecule has 2 heterocycles. The van der Waals surface area contributed by atoms with Gasteiger partial charge in [0.1, 0.15) is 10.7 Å². The molecule has 0 spiro atoms. The molecule has 2 N–H and O–H groups in total. The van der Waals surface area contributed by atoms with E-state index in [4.69, 9.17) is 4.74 Å². The fourth-order valence-corrected chi connectivity index (χ4v) is 5.10. The Morgan fingerprint density at radius 3 is 2.71 bits per heavy atom. The maximum atomic E-state index is 13.0. The van der Waals surface area contributed by atoms with Gasteiger partial charge in [-0.15, -0.1) is 11.3 Å². The predicted molar refractivity (Wildman–Crippen MR) is 130 cm³/mol. The highest BCUT2D eigenvalue weighted by molar-refractivity contribution is 7.17. The smallest absolute Gasteiger partial charge is 0.341 e. The molecular weight excluding hydrogens is 472 g/mol. The molecule has 1 aliphatic carbocycles. The van der Waals surface area contributed by atoms with Crippen molar-refractivity contribution in [1.29, 1.82) is 0 Å². The average Bonchev–Trinajstić information content (AvgIpc) is 3.22. The third-order valence-corrected chi connectivity index (χ3v) is 6.69. The highest BCUT2D eigenvalue weighted by atomic mass is 32.1. The van der Waals surface area contributed by atoms with Crippen molar-refractivity contribution in [2.75, 3.05) is 17.2 Å². The molecule has 0 atom stereocenters. The van der Waals surface area contributed by atoms with Gasteiger partial charge in [-0.3, -0.25) is 24.7 Å². The van der Waals surface area contributed by atoms with Crippen molar-refractivity contribution in [2.24, 2.45) is 0 Å². The summed E-state index contributed by atoms with van der Waals surface area (Å²) >= 11 is 1.33. The summed E-state index contributed by atoms with van der Waals surface area (Å²) in [6, 6.07) is 7.65. The number of carbonyl (C=O) groups is 3. The number of rotatable bonds is 7. The molecule has 0 saturated heterocycles. The van der Waals surface area contributed by atoms with E-state index in [-0.39, 0.29) is 16.9 Å². The number of benzene rings is 1. The van der Waals surface area contributed by atoms with Crippen molar-refractivity contribution in [2.45, 2.75) is 32.6 Å². The monoisotopic (exact) mass is 494 g/mol. The minimum atomic E-state index is -0.737. The van der Waals surface area contributed by atoms with E-state index in [9.17, 15) is 24.5 Å². The largest absolute Gasteiger partial charge is 0.452 e. The lowest BCUT2D eigenvalue weighted by Crippen LogP contribution is -2.22. The van der Waals surface area contributed by atoms with Gasteiger partial charge in [0.2, 0.25) is 0 Å². The van der Waals surface area contributed by atoms with E-state index in [1.807, 2.05) is 0 Å². The topological polar surface area (TPSA) is 141 Å². The molecule has 35 heavy (non-hydrogen) atoms. The second-order valence-electron chi connectivity index (χ2n) is 8.01. The summed E-state index contributed by atoms with van der Waals surface area (Å²) in [5, 5.41) is 16.8. The number of nitrogens with zero attached hydrogens (tertiary/aromatic N) is 2. The molecule has 0 bridgehead atoms. The van der Waals surface area contributed by atoms with Gasteiger partial charge in [0.05, 0.1) is 16.1 Å². The van der Waals surface area contributed by atoms with Crippen molar-refractivity contribution in [3.63, 3.8) is 0 Å². The van der Waals surface area contributed by atoms with Crippen molar-refractivity contribution >= 4 is 45.5 Å². The number of amides is 2. The van der Waals surface area contributed by atoms with Gasteiger partial charge in [-0.05, 0) is 61.9 Å². The summed E-state index contributed by atoms with van der Waals surface area (Å²) in [5.74, 6) is -1.86. The summed E-state index contributed by atoms with van der Waals surface area (Å²) in [5.41, 5.74) is 1.84. The van der Waals surface area contributed by atoms with Crippen LogP contribution in [-0.2, 0) is 22.4 Å². The van der Waals surface area contributed by atoms with Crippen LogP contribution in [0, 0.1) is 17.0 Å². The molecule has 0 aliphatic heterocycles. The highest BCUT2D eigenvalue weighted by Crippen LogP contribution is 2.38. The Kier molecular flexibility index (Phi) is 7.16. The van der Waals surface area contributed by atoms with Crippen LogP contribution < -0.4 is 10.6 Å². The Morgan fingerprint density at radius 1 is 1.17 bits per heavy atom. The lowest BCUT2D eigenvalue weighted by Gasteiger charge is -2.13. The Hall–Kier alpha value is -4.12. The normalized spacial score (nSPS) is 12.4. The molecule has 2 aromatic heterocycles. The van der Waals surface area contributed by atoms with E-state index in [1.165, 1.54) is 29.7 Å². The van der Waals surface area contributed by atoms with E-state index in [2.05, 4.69) is 15.6 Å². The molecule has 4 rings (SSSR count). The van der Waals surface area contributed by atoms with Crippen molar-refractivity contribution < 1.29 is 24.0 Å². The lowest BCUT2D eigenvalue weighted by molar-refractivity contribution is -0.384. The number of aromatic nitrogens is 1. The Morgan fingerprint density at radius 2 is 1.97 bits per heavy atom. The number of aryl methyl sites for hydroxylation is 2. The van der Waals surface area contributed by atoms with Crippen LogP contribution in [0.2, 0.25) is 0 Å². The van der Waals surface area contributed by atoms with Crippen LogP contribution in [0.5, 0.6) is 0 Å². The van der Waals surface area contributed by atoms with Gasteiger partial charge in [0.25, 0.3) is 17.5 Å². The first kappa shape index (κ1) is 24.0. The predicted octanol–water partition coefficient (Wildman–Crippen LogP) is 4.29. The maximum Gasteiger partial charge on any atom is 0.341 e. The number of thiophene rings is 1. The molecule has 0 saturated carbocycles. The van der Waals surface area contributed by atoms with Crippen LogP contribution in [0.3, 0.4) is 0 Å². The van der Waals surface area contributed by atoms with Gasteiger partial charge < -0.3 is 15.4 Å². The van der Waals surface area contributed by atoms with Crippen LogP contribution in [0.4, 0.5) is 16.4 Å². The van der Waals surface area contributed by atoms with E-state index >= 15 is 0 Å². The van der Waals surface area contributed by atoms with Crippen LogP contribution >= 0.6 is 11.3 Å². The minimum Gasteiger partial charge on any atom is -0.452 e. The molecule has 2 amide bonds. The number of nitro benzene ring substituents is 1. The zero-order chi connectivity index (χ0) is 24.9. The Labute approximate surface area is 204 Å². The molecule has 11 heteroatoms. The molecule has 0 unspecified atom stereocenters. The van der Waals surface area contributed by atoms with Gasteiger partial charge in [-0.2, -0.15) is 0 Å². The zero-order valence-corrected chi connectivity index (χ0v) is 19.6. The summed E-state index contributed by atoms with van der Waals surface area (Å²) in [6.07, 6.45) is 6.32. The molecule has 0 fully saturated rings. The molecular formula is C24H22N4O6S. The van der Waals surface area contributed by atoms with Crippen molar-refractivity contribution in [3.8, 4) is 0 Å². The number of pyridine rings is 1. The Balaban J connectivity index is 1.49. The minimum absolute atomic E-state index is 0.0129. The quantitative estimate of drug-likeness (QED) is 0.284. The summed E-state index contributed by atoms with van der Waals surface area (Å²) in [7, 11) is 0. The van der Waals surface area contributed by atoms with Crippen LogP contribution in [0.1, 0.15) is 49.6 Å². The number of esters is 1. The molecule has 10 nitrogen and oxygen atoms in total. The first-order valence-electron chi connectivity index (χ1n) is 10.9. The Bertz CT molecular complexity index is 1300. The van der Waals surface area contributed by atoms with Crippen molar-refractivity contribution in [3.05, 3.63) is 80.0 Å². The number of hydrogen-bond acceptors (Lipinski definition) is 8. The number of ether oxygens (including phenoxy) is 1. The molecule has 1 aromatic carbocycles. The second-order valence-corrected chi connectivity index (χ2v) is 9.12. The van der Waals surface area contributed by atoms with Crippen LogP contribution in [-0.4, -0.2) is 34.3 Å². The fourth-order valence-electron chi connectivity index (χ4n) is 3.83. The lowest BCUT2D eigenvalue weighted by atomic mass is 9.95. The van der Waals surface area contributed by atoms with Gasteiger partial charge in [-0.25, -0.2) is 4.79 Å². The molecule has 0 radical (unpaired) electrons. The third-order valence-electron chi connectivity index (χ3n) is 5.48. The van der Waals surface area contributed by atoms with Crippen LogP contribution in [0.25, 0.3) is 0 Å². The number of carbonyl (C=O) groups excluding carboxylic acids is 3. The fraction of sp³-hybridized carbons (Fsp3) is 0.250. The second kappa shape index (κ2) is 10.4. The molecule has 180 valence electrons. The van der Waals surface area contributed by atoms with Gasteiger partial charge in [0.15, 0.2) is 6.61 Å². The van der Waals surface area contributed by atoms with Crippen molar-refractivity contribution in [1.82, 2.24) is 4.98 Å². The number of hydrogen-bond donors (Lipinski definition) is 2. The number of fused-ring (bicyclic) bond motifs is 1. The average molecular weight is 495 g/mol. The molecule has 3 aromatic rings. The summed E-state index contributed by atoms with van der Waals surface area (Å²) < 4.78 is 5.26. The van der Waals surface area contributed by atoms with Crippen LogP contribution in [0.15, 0.2) is 42.7 Å². The number of nitrogens with one attached hydrogen (secondary N) is 2. The molecule has 1 aliphatic rings. The number of anilines is 2. The first-order chi connectivity index (χ1) is 16.8. The standard InChI is InChI=1S/C24H22N4O6S/c1-14-8-9-17(18(11-14)28(32)33)26-20(29)13-34-24(31)21-16-6-2-3-7-19(16)35-23(21)27-22(30)15-5-4-10-25-12-15/h4-5,8-12H,2-3,6-7,13H2,1H3,(H,26,29)(H,27,30). The van der Waals surface area contributed by atoms with Gasteiger partial charge in [0, 0.05) is 23.3 Å². The van der Waals surface area contributed by atoms with E-state index in [0.717, 1.165) is 29.7 Å².